The van der Waals surface area contributed by atoms with Crippen LogP contribution in [0.3, 0.4) is 0 Å². The fourth-order valence-corrected chi connectivity index (χ4v) is 4.88. The summed E-state index contributed by atoms with van der Waals surface area (Å²) in [6.07, 6.45) is 5.03. The molecule has 0 amide bonds. The number of hydrogen-bond donors (Lipinski definition) is 2. The lowest BCUT2D eigenvalue weighted by molar-refractivity contribution is 0.122. The van der Waals surface area contributed by atoms with Crippen molar-refractivity contribution in [3.05, 3.63) is 48.3 Å². The molecule has 2 fully saturated rings. The van der Waals surface area contributed by atoms with E-state index in [2.05, 4.69) is 26.3 Å². The summed E-state index contributed by atoms with van der Waals surface area (Å²) in [5, 5.41) is 12.5. The van der Waals surface area contributed by atoms with E-state index < -0.39 is 6.43 Å². The number of anilines is 2. The Kier molecular flexibility index (Phi) is 7.19. The number of imidazole rings is 1. The molecule has 1 saturated carbocycles. The average molecular weight is 485 g/mol. The first kappa shape index (κ1) is 23.6. The van der Waals surface area contributed by atoms with Crippen LogP contribution in [0.5, 0.6) is 0 Å². The zero-order chi connectivity index (χ0) is 24.2. The summed E-state index contributed by atoms with van der Waals surface area (Å²) in [4.78, 5) is 15.7. The molecule has 0 radical (unpaired) electrons. The number of benzene rings is 1. The van der Waals surface area contributed by atoms with Gasteiger partial charge in [0.05, 0.1) is 30.9 Å². The molecular formula is C25H30F2N6O2. The molecular weight excluding hydrogens is 454 g/mol. The highest BCUT2D eigenvalue weighted by molar-refractivity contribution is 5.78. The number of fused-ring (bicyclic) bond motifs is 1. The second kappa shape index (κ2) is 10.7. The highest BCUT2D eigenvalue weighted by Gasteiger charge is 2.25. The van der Waals surface area contributed by atoms with Gasteiger partial charge >= 0.3 is 0 Å². The van der Waals surface area contributed by atoms with Crippen molar-refractivity contribution >= 4 is 22.8 Å². The molecule has 2 N–H and O–H groups in total. The Balaban J connectivity index is 1.49. The molecule has 1 aromatic carbocycles. The molecule has 0 unspecified atom stereocenters. The predicted octanol–water partition coefficient (Wildman–Crippen LogP) is 4.11. The maximum absolute atomic E-state index is 14.0. The van der Waals surface area contributed by atoms with Crippen LogP contribution in [0.2, 0.25) is 0 Å². The third-order valence-electron chi connectivity index (χ3n) is 6.66. The van der Waals surface area contributed by atoms with Crippen molar-refractivity contribution in [3.63, 3.8) is 0 Å². The minimum Gasteiger partial charge on any atom is -0.392 e. The number of halogens is 2. The van der Waals surface area contributed by atoms with Gasteiger partial charge in [-0.05, 0) is 43.7 Å². The van der Waals surface area contributed by atoms with Crippen molar-refractivity contribution < 1.29 is 18.6 Å². The van der Waals surface area contributed by atoms with Gasteiger partial charge in [-0.25, -0.2) is 13.8 Å². The zero-order valence-corrected chi connectivity index (χ0v) is 19.5. The summed E-state index contributed by atoms with van der Waals surface area (Å²) in [6, 6.07) is 9.04. The summed E-state index contributed by atoms with van der Waals surface area (Å²) in [7, 11) is 0. The van der Waals surface area contributed by atoms with Gasteiger partial charge in [0.1, 0.15) is 11.6 Å². The third kappa shape index (κ3) is 5.28. The van der Waals surface area contributed by atoms with Crippen molar-refractivity contribution in [2.45, 2.75) is 38.2 Å². The monoisotopic (exact) mass is 484 g/mol. The first-order valence-electron chi connectivity index (χ1n) is 12.1. The number of nitrogens with zero attached hydrogens (tertiary/aromatic N) is 5. The van der Waals surface area contributed by atoms with Gasteiger partial charge in [0.25, 0.3) is 6.43 Å². The summed E-state index contributed by atoms with van der Waals surface area (Å²) in [5.74, 6) is 1.60. The molecule has 8 nitrogen and oxygen atoms in total. The molecule has 5 rings (SSSR count). The number of aliphatic hydroxyl groups excluding tert-OH is 1. The number of morpholine rings is 1. The zero-order valence-electron chi connectivity index (χ0n) is 19.5. The lowest BCUT2D eigenvalue weighted by Gasteiger charge is -2.30. The van der Waals surface area contributed by atoms with Gasteiger partial charge in [-0.1, -0.05) is 24.3 Å². The smallest absolute Gasteiger partial charge is 0.296 e. The van der Waals surface area contributed by atoms with Crippen molar-refractivity contribution in [1.82, 2.24) is 19.5 Å². The lowest BCUT2D eigenvalue weighted by Crippen LogP contribution is -2.37. The molecule has 10 heteroatoms. The van der Waals surface area contributed by atoms with E-state index in [-0.39, 0.29) is 18.5 Å². The number of allylic oxidation sites excluding steroid dienone is 1. The van der Waals surface area contributed by atoms with Crippen LogP contribution in [0, 0.1) is 5.92 Å². The first-order chi connectivity index (χ1) is 17.1. The fourth-order valence-electron chi connectivity index (χ4n) is 4.88. The second-order valence-electron chi connectivity index (χ2n) is 8.97. The van der Waals surface area contributed by atoms with E-state index in [4.69, 9.17) is 14.8 Å². The Morgan fingerprint density at radius 3 is 2.54 bits per heavy atom. The van der Waals surface area contributed by atoms with Gasteiger partial charge in [-0.3, -0.25) is 4.57 Å². The molecule has 0 spiro atoms. The minimum absolute atomic E-state index is 0.0622. The normalized spacial score (nSPS) is 21.3. The lowest BCUT2D eigenvalue weighted by atomic mass is 9.86. The molecule has 1 saturated heterocycles. The Labute approximate surface area is 202 Å². The van der Waals surface area contributed by atoms with Crippen LogP contribution >= 0.6 is 0 Å². The van der Waals surface area contributed by atoms with Crippen LogP contribution in [-0.4, -0.2) is 63.6 Å². The fraction of sp³-hybridized carbons (Fsp3) is 0.480. The van der Waals surface area contributed by atoms with Gasteiger partial charge in [-0.15, -0.1) is 0 Å². The van der Waals surface area contributed by atoms with Gasteiger partial charge in [0.15, 0.2) is 5.82 Å². The van der Waals surface area contributed by atoms with Gasteiger partial charge < -0.3 is 20.1 Å². The van der Waals surface area contributed by atoms with Gasteiger partial charge in [0.2, 0.25) is 5.95 Å². The maximum atomic E-state index is 14.0. The Bertz CT molecular complexity index is 1170. The molecule has 0 atom stereocenters. The van der Waals surface area contributed by atoms with Crippen molar-refractivity contribution in [3.8, 4) is 5.82 Å². The molecule has 35 heavy (non-hydrogen) atoms. The summed E-state index contributed by atoms with van der Waals surface area (Å²) in [5.41, 5.74) is 1.08. The Hall–Kier alpha value is -3.11. The van der Waals surface area contributed by atoms with Crippen LogP contribution in [0.1, 0.15) is 37.9 Å². The summed E-state index contributed by atoms with van der Waals surface area (Å²) >= 11 is 0. The van der Waals surface area contributed by atoms with E-state index in [0.29, 0.717) is 60.8 Å². The Morgan fingerprint density at radius 1 is 1.06 bits per heavy atom. The van der Waals surface area contributed by atoms with E-state index >= 15 is 0 Å². The summed E-state index contributed by atoms with van der Waals surface area (Å²) in [6.45, 7) is 2.58. The number of para-hydroxylation sites is 2. The molecule has 186 valence electrons. The number of alkyl halides is 2. The largest absolute Gasteiger partial charge is 0.392 e. The number of hydrogen-bond acceptors (Lipinski definition) is 7. The number of aliphatic hydroxyl groups is 1. The molecule has 2 aromatic heterocycles. The summed E-state index contributed by atoms with van der Waals surface area (Å²) < 4.78 is 35.0. The van der Waals surface area contributed by atoms with Gasteiger partial charge in [-0.2, -0.15) is 9.97 Å². The third-order valence-corrected chi connectivity index (χ3v) is 6.66. The standard InChI is InChI=1S/C25H30F2N6O2/c26-23(27)24-29-19-5-1-2-6-20(19)33(24)22-16-21(32-11-14-35-15-12-32)30-25(31-22)28-18-9-7-17(8-10-18)4-3-13-34/h1-6,16-18,23,34H,7-15H2,(H,28,30,31)/b4-3+/t17-,18-. The van der Waals surface area contributed by atoms with Crippen LogP contribution in [-0.2, 0) is 4.74 Å². The molecule has 3 aromatic rings. The SMILES string of the molecule is OC/C=C/[C@H]1CC[C@H](Nc2nc(N3CCOCC3)cc(-n3c(C(F)F)nc4ccccc43)n2)CC1. The van der Waals surface area contributed by atoms with Crippen molar-refractivity contribution in [2.24, 2.45) is 5.92 Å². The molecule has 0 bridgehead atoms. The van der Waals surface area contributed by atoms with Crippen LogP contribution in [0.25, 0.3) is 16.9 Å². The topological polar surface area (TPSA) is 88.3 Å². The average Bonchev–Trinajstić information content (AvgIpc) is 3.29. The van der Waals surface area contributed by atoms with Crippen molar-refractivity contribution in [1.29, 1.82) is 0 Å². The maximum Gasteiger partial charge on any atom is 0.296 e. The first-order valence-corrected chi connectivity index (χ1v) is 12.1. The van der Waals surface area contributed by atoms with E-state index in [9.17, 15) is 8.78 Å². The quantitative estimate of drug-likeness (QED) is 0.488. The van der Waals surface area contributed by atoms with Crippen LogP contribution < -0.4 is 10.2 Å². The highest BCUT2D eigenvalue weighted by atomic mass is 19.3. The number of rotatable bonds is 7. The molecule has 1 aliphatic heterocycles. The number of ether oxygens (including phenoxy) is 1. The van der Waals surface area contributed by atoms with Crippen molar-refractivity contribution in [2.75, 3.05) is 43.1 Å². The Morgan fingerprint density at radius 2 is 1.80 bits per heavy atom. The van der Waals surface area contributed by atoms with Crippen LogP contribution in [0.4, 0.5) is 20.5 Å². The van der Waals surface area contributed by atoms with E-state index in [1.165, 1.54) is 4.57 Å². The molecule has 3 heterocycles. The van der Waals surface area contributed by atoms with E-state index in [1.54, 1.807) is 30.3 Å². The highest BCUT2D eigenvalue weighted by Crippen LogP contribution is 2.31. The van der Waals surface area contributed by atoms with E-state index in [0.717, 1.165) is 25.7 Å². The second-order valence-corrected chi connectivity index (χ2v) is 8.97. The minimum atomic E-state index is -2.75. The molecule has 2 aliphatic rings. The van der Waals surface area contributed by atoms with Gasteiger partial charge in [0, 0.05) is 25.2 Å². The van der Waals surface area contributed by atoms with Crippen LogP contribution in [0.15, 0.2) is 42.5 Å². The predicted molar refractivity (Wildman–Crippen MR) is 130 cm³/mol. The molecule has 1 aliphatic carbocycles. The number of nitrogens with one attached hydrogen (secondary N) is 1. The number of aromatic nitrogens is 4. The van der Waals surface area contributed by atoms with E-state index in [1.807, 2.05) is 6.07 Å².